The van der Waals surface area contributed by atoms with Crippen molar-refractivity contribution >= 4 is 29.4 Å². The number of anilines is 1. The minimum Gasteiger partial charge on any atom is -0.351 e. The van der Waals surface area contributed by atoms with Crippen molar-refractivity contribution in [1.82, 2.24) is 20.8 Å². The predicted molar refractivity (Wildman–Crippen MR) is 89.6 cm³/mol. The highest BCUT2D eigenvalue weighted by Crippen LogP contribution is 2.26. The Morgan fingerprint density at radius 3 is 2.54 bits per heavy atom. The predicted octanol–water partition coefficient (Wildman–Crippen LogP) is 1.49. The van der Waals surface area contributed by atoms with E-state index in [9.17, 15) is 9.59 Å². The van der Waals surface area contributed by atoms with Crippen molar-refractivity contribution in [2.24, 2.45) is 0 Å². The minimum atomic E-state index is -0.473. The number of amides is 2. The monoisotopic (exact) mass is 345 g/mol. The van der Waals surface area contributed by atoms with Gasteiger partial charge in [0, 0.05) is 30.4 Å². The molecule has 0 saturated carbocycles. The quantitative estimate of drug-likeness (QED) is 0.732. The van der Waals surface area contributed by atoms with Crippen molar-refractivity contribution in [2.45, 2.75) is 25.8 Å². The molecule has 3 N–H and O–H groups in total. The molecular formula is C16H16ClN5O2. The number of carbonyl (C=O) groups excluding carboxylic acids is 2. The minimum absolute atomic E-state index is 0.192. The number of nitrogens with zero attached hydrogens (tertiary/aromatic N) is 2. The first-order valence-electron chi connectivity index (χ1n) is 7.44. The second kappa shape index (κ2) is 6.84. The molecule has 3 rings (SSSR count). The molecule has 0 aliphatic heterocycles. The van der Waals surface area contributed by atoms with Crippen LogP contribution in [0.3, 0.4) is 0 Å². The zero-order valence-corrected chi connectivity index (χ0v) is 13.7. The number of hydrogen-bond donors (Lipinski definition) is 3. The summed E-state index contributed by atoms with van der Waals surface area (Å²) in [6.07, 6.45) is 4.54. The van der Waals surface area contributed by atoms with Gasteiger partial charge in [0.2, 0.25) is 11.9 Å². The van der Waals surface area contributed by atoms with E-state index in [4.69, 9.17) is 11.6 Å². The Morgan fingerprint density at radius 2 is 1.83 bits per heavy atom. The van der Waals surface area contributed by atoms with E-state index in [1.165, 1.54) is 30.4 Å². The summed E-state index contributed by atoms with van der Waals surface area (Å²) in [6.45, 7) is 1.30. The number of aromatic nitrogens is 2. The van der Waals surface area contributed by atoms with Gasteiger partial charge in [0.05, 0.1) is 5.56 Å². The Bertz CT molecular complexity index is 779. The first-order chi connectivity index (χ1) is 11.5. The molecule has 2 amide bonds. The third-order valence-electron chi connectivity index (χ3n) is 3.70. The molecule has 0 radical (unpaired) electrons. The number of nitrogens with one attached hydrogen (secondary N) is 3. The second-order valence-corrected chi connectivity index (χ2v) is 6.03. The topological polar surface area (TPSA) is 96.0 Å². The van der Waals surface area contributed by atoms with Crippen LogP contribution in [0.25, 0.3) is 0 Å². The smallest absolute Gasteiger partial charge is 0.272 e. The molecule has 1 heterocycles. The van der Waals surface area contributed by atoms with Gasteiger partial charge >= 0.3 is 0 Å². The lowest BCUT2D eigenvalue weighted by molar-refractivity contribution is -0.119. The van der Waals surface area contributed by atoms with Gasteiger partial charge in [-0.2, -0.15) is 0 Å². The van der Waals surface area contributed by atoms with E-state index in [1.807, 2.05) is 18.2 Å². The molecule has 0 spiro atoms. The van der Waals surface area contributed by atoms with Gasteiger partial charge in [-0.15, -0.1) is 0 Å². The lowest BCUT2D eigenvalue weighted by atomic mass is 10.1. The van der Waals surface area contributed by atoms with Crippen LogP contribution in [0.1, 0.15) is 28.4 Å². The Hall–Kier alpha value is -2.67. The molecule has 1 aliphatic rings. The van der Waals surface area contributed by atoms with Crippen molar-refractivity contribution in [3.63, 3.8) is 0 Å². The Labute approximate surface area is 143 Å². The highest BCUT2D eigenvalue weighted by molar-refractivity contribution is 6.30. The average Bonchev–Trinajstić information content (AvgIpc) is 2.94. The zero-order valence-electron chi connectivity index (χ0n) is 13.0. The molecule has 0 fully saturated rings. The van der Waals surface area contributed by atoms with Crippen LogP contribution < -0.4 is 16.2 Å². The molecule has 2 aromatic rings. The maximum atomic E-state index is 11.7. The molecular weight excluding hydrogens is 330 g/mol. The number of carbonyl (C=O) groups is 2. The fourth-order valence-electron chi connectivity index (χ4n) is 2.61. The molecule has 24 heavy (non-hydrogen) atoms. The van der Waals surface area contributed by atoms with Gasteiger partial charge in [-0.05, 0) is 36.1 Å². The van der Waals surface area contributed by atoms with E-state index in [0.717, 1.165) is 17.9 Å². The average molecular weight is 346 g/mol. The zero-order chi connectivity index (χ0) is 17.1. The van der Waals surface area contributed by atoms with Crippen LogP contribution in [0.15, 0.2) is 30.6 Å². The van der Waals surface area contributed by atoms with Crippen molar-refractivity contribution in [3.05, 3.63) is 52.3 Å². The van der Waals surface area contributed by atoms with Gasteiger partial charge in [-0.3, -0.25) is 20.4 Å². The summed E-state index contributed by atoms with van der Waals surface area (Å²) in [5, 5.41) is 3.99. The molecule has 1 aliphatic carbocycles. The molecule has 8 heteroatoms. The van der Waals surface area contributed by atoms with Crippen molar-refractivity contribution in [1.29, 1.82) is 0 Å². The standard InChI is InChI=1S/C16H16ClN5O2/c1-9(23)21-22-15(24)12-7-18-16(19-8-12)20-14-5-10-2-3-13(17)4-11(10)6-14/h2-4,7-8,14H,5-6H2,1H3,(H,21,23)(H,22,24)(H,18,19,20). The largest absolute Gasteiger partial charge is 0.351 e. The van der Waals surface area contributed by atoms with Crippen LogP contribution in [0.2, 0.25) is 5.02 Å². The van der Waals surface area contributed by atoms with E-state index in [-0.39, 0.29) is 17.5 Å². The van der Waals surface area contributed by atoms with Gasteiger partial charge in [0.25, 0.3) is 5.91 Å². The lowest BCUT2D eigenvalue weighted by Gasteiger charge is -2.12. The highest BCUT2D eigenvalue weighted by Gasteiger charge is 2.22. The molecule has 1 unspecified atom stereocenters. The number of hydrogen-bond acceptors (Lipinski definition) is 5. The molecule has 0 saturated heterocycles. The van der Waals surface area contributed by atoms with Crippen LogP contribution in [0, 0.1) is 0 Å². The normalized spacial score (nSPS) is 15.5. The van der Waals surface area contributed by atoms with E-state index >= 15 is 0 Å². The maximum Gasteiger partial charge on any atom is 0.272 e. The Kier molecular flexibility index (Phi) is 4.61. The summed E-state index contributed by atoms with van der Waals surface area (Å²) < 4.78 is 0. The molecule has 1 atom stereocenters. The fourth-order valence-corrected chi connectivity index (χ4v) is 2.80. The SMILES string of the molecule is CC(=O)NNC(=O)c1cnc(NC2Cc3ccc(Cl)cc3C2)nc1. The van der Waals surface area contributed by atoms with E-state index in [1.54, 1.807) is 0 Å². The number of fused-ring (bicyclic) bond motifs is 1. The van der Waals surface area contributed by atoms with Gasteiger partial charge in [0.1, 0.15) is 0 Å². The lowest BCUT2D eigenvalue weighted by Crippen LogP contribution is -2.40. The van der Waals surface area contributed by atoms with Crippen LogP contribution in [-0.4, -0.2) is 27.8 Å². The van der Waals surface area contributed by atoms with Gasteiger partial charge < -0.3 is 5.32 Å². The highest BCUT2D eigenvalue weighted by atomic mass is 35.5. The first-order valence-corrected chi connectivity index (χ1v) is 7.82. The van der Waals surface area contributed by atoms with E-state index in [0.29, 0.717) is 5.95 Å². The van der Waals surface area contributed by atoms with Crippen LogP contribution in [0.5, 0.6) is 0 Å². The maximum absolute atomic E-state index is 11.7. The van der Waals surface area contributed by atoms with Crippen LogP contribution in [0.4, 0.5) is 5.95 Å². The number of rotatable bonds is 3. The summed E-state index contributed by atoms with van der Waals surface area (Å²) in [4.78, 5) is 30.8. The number of benzene rings is 1. The molecule has 0 bridgehead atoms. The first kappa shape index (κ1) is 16.2. The molecule has 1 aromatic carbocycles. The summed E-state index contributed by atoms with van der Waals surface area (Å²) in [7, 11) is 0. The molecule has 7 nitrogen and oxygen atoms in total. The van der Waals surface area contributed by atoms with Crippen molar-refractivity contribution in [2.75, 3.05) is 5.32 Å². The van der Waals surface area contributed by atoms with Crippen molar-refractivity contribution < 1.29 is 9.59 Å². The fraction of sp³-hybridized carbons (Fsp3) is 0.250. The number of halogens is 1. The molecule has 1 aromatic heterocycles. The number of hydrazine groups is 1. The molecule has 124 valence electrons. The van der Waals surface area contributed by atoms with E-state index < -0.39 is 5.91 Å². The summed E-state index contributed by atoms with van der Waals surface area (Å²) in [6, 6.07) is 6.10. The van der Waals surface area contributed by atoms with Gasteiger partial charge in [-0.25, -0.2) is 9.97 Å². The summed E-state index contributed by atoms with van der Waals surface area (Å²) >= 11 is 6.01. The third-order valence-corrected chi connectivity index (χ3v) is 3.94. The second-order valence-electron chi connectivity index (χ2n) is 5.59. The van der Waals surface area contributed by atoms with Crippen molar-refractivity contribution in [3.8, 4) is 0 Å². The summed E-state index contributed by atoms with van der Waals surface area (Å²) in [5.74, 6) is -0.377. The Balaban J connectivity index is 1.59. The van der Waals surface area contributed by atoms with Gasteiger partial charge in [0.15, 0.2) is 0 Å². The van der Waals surface area contributed by atoms with Crippen LogP contribution >= 0.6 is 11.6 Å². The third kappa shape index (κ3) is 3.80. The Morgan fingerprint density at radius 1 is 1.12 bits per heavy atom. The van der Waals surface area contributed by atoms with Gasteiger partial charge in [-0.1, -0.05) is 17.7 Å². The van der Waals surface area contributed by atoms with Crippen LogP contribution in [-0.2, 0) is 17.6 Å². The van der Waals surface area contributed by atoms with E-state index in [2.05, 4.69) is 26.1 Å². The summed E-state index contributed by atoms with van der Waals surface area (Å²) in [5.41, 5.74) is 7.22.